The number of fused-ring (bicyclic) bond motifs is 1. The molecule has 1 atom stereocenters. The van der Waals surface area contributed by atoms with Gasteiger partial charge in [-0.1, -0.05) is 26.0 Å². The molecule has 0 bridgehead atoms. The largest absolute Gasteiger partial charge is 0.493 e. The number of aliphatic hydroxyl groups is 1. The highest BCUT2D eigenvalue weighted by Gasteiger charge is 2.19. The zero-order chi connectivity index (χ0) is 13.9. The predicted molar refractivity (Wildman–Crippen MR) is 77.5 cm³/mol. The number of hydrogen-bond acceptors (Lipinski definition) is 3. The molecule has 2 rings (SSSR count). The number of rotatable bonds is 6. The summed E-state index contributed by atoms with van der Waals surface area (Å²) in [6.07, 6.45) is 1.84. The lowest BCUT2D eigenvalue weighted by molar-refractivity contribution is 0.204. The highest BCUT2D eigenvalue weighted by Crippen LogP contribution is 2.28. The third-order valence-corrected chi connectivity index (χ3v) is 3.89. The molecule has 106 valence electrons. The van der Waals surface area contributed by atoms with Gasteiger partial charge in [0.25, 0.3) is 0 Å². The fourth-order valence-electron chi connectivity index (χ4n) is 2.41. The average molecular weight is 263 g/mol. The van der Waals surface area contributed by atoms with E-state index in [1.165, 1.54) is 11.1 Å². The first-order chi connectivity index (χ1) is 9.02. The Morgan fingerprint density at radius 2 is 2.21 bits per heavy atom. The lowest BCUT2D eigenvalue weighted by Gasteiger charge is -2.26. The van der Waals surface area contributed by atoms with Crippen LogP contribution >= 0.6 is 0 Å². The molecule has 19 heavy (non-hydrogen) atoms. The molecule has 0 saturated carbocycles. The second-order valence-corrected chi connectivity index (χ2v) is 6.21. The van der Waals surface area contributed by atoms with E-state index in [0.717, 1.165) is 31.7 Å². The first-order valence-electron chi connectivity index (χ1n) is 7.12. The van der Waals surface area contributed by atoms with Gasteiger partial charge in [0.05, 0.1) is 6.61 Å². The summed E-state index contributed by atoms with van der Waals surface area (Å²) in [5.41, 5.74) is 2.76. The third kappa shape index (κ3) is 3.71. The van der Waals surface area contributed by atoms with E-state index < -0.39 is 0 Å². The summed E-state index contributed by atoms with van der Waals surface area (Å²) < 4.78 is 5.53. The number of nitrogens with one attached hydrogen (secondary N) is 1. The molecular weight excluding hydrogens is 238 g/mol. The van der Waals surface area contributed by atoms with Crippen LogP contribution in [0.25, 0.3) is 0 Å². The van der Waals surface area contributed by atoms with E-state index in [1.807, 2.05) is 0 Å². The summed E-state index contributed by atoms with van der Waals surface area (Å²) in [5.74, 6) is 1.04. The molecule has 0 radical (unpaired) electrons. The summed E-state index contributed by atoms with van der Waals surface area (Å²) in [4.78, 5) is 0. The quantitative estimate of drug-likeness (QED) is 0.829. The molecule has 1 aliphatic rings. The fraction of sp³-hybridized carbons (Fsp3) is 0.625. The van der Waals surface area contributed by atoms with Crippen molar-refractivity contribution in [2.45, 2.75) is 39.7 Å². The minimum atomic E-state index is 0.128. The minimum absolute atomic E-state index is 0.128. The molecule has 3 nitrogen and oxygen atoms in total. The van der Waals surface area contributed by atoms with Crippen LogP contribution < -0.4 is 10.1 Å². The van der Waals surface area contributed by atoms with Crippen LogP contribution in [0.15, 0.2) is 18.2 Å². The average Bonchev–Trinajstić information content (AvgIpc) is 2.83. The second-order valence-electron chi connectivity index (χ2n) is 6.21. The van der Waals surface area contributed by atoms with Gasteiger partial charge in [-0.15, -0.1) is 0 Å². The molecular formula is C16H25NO2. The van der Waals surface area contributed by atoms with Crippen LogP contribution in [0.4, 0.5) is 0 Å². The predicted octanol–water partition coefficient (Wildman–Crippen LogP) is 2.68. The topological polar surface area (TPSA) is 41.5 Å². The molecule has 0 aromatic heterocycles. The van der Waals surface area contributed by atoms with Gasteiger partial charge in [0.1, 0.15) is 5.75 Å². The Morgan fingerprint density at radius 1 is 1.42 bits per heavy atom. The summed E-state index contributed by atoms with van der Waals surface area (Å²) in [7, 11) is 0. The number of ether oxygens (including phenoxy) is 1. The van der Waals surface area contributed by atoms with Crippen molar-refractivity contribution in [3.05, 3.63) is 29.3 Å². The van der Waals surface area contributed by atoms with E-state index in [4.69, 9.17) is 9.84 Å². The van der Waals surface area contributed by atoms with Gasteiger partial charge in [0.15, 0.2) is 0 Å². The molecule has 1 unspecified atom stereocenters. The molecule has 1 heterocycles. The van der Waals surface area contributed by atoms with Crippen molar-refractivity contribution in [3.63, 3.8) is 0 Å². The number of hydrogen-bond donors (Lipinski definition) is 2. The zero-order valence-electron chi connectivity index (χ0n) is 12.2. The summed E-state index contributed by atoms with van der Waals surface area (Å²) >= 11 is 0. The van der Waals surface area contributed by atoms with Crippen molar-refractivity contribution in [3.8, 4) is 5.75 Å². The molecule has 1 aliphatic heterocycles. The van der Waals surface area contributed by atoms with Crippen LogP contribution in [-0.2, 0) is 6.42 Å². The monoisotopic (exact) mass is 263 g/mol. The Hall–Kier alpha value is -1.06. The Bertz CT molecular complexity index is 429. The summed E-state index contributed by atoms with van der Waals surface area (Å²) in [6, 6.07) is 6.79. The van der Waals surface area contributed by atoms with Crippen molar-refractivity contribution in [2.24, 2.45) is 5.41 Å². The van der Waals surface area contributed by atoms with Gasteiger partial charge in [-0.2, -0.15) is 0 Å². The number of benzene rings is 1. The molecule has 0 spiro atoms. The third-order valence-electron chi connectivity index (χ3n) is 3.89. The van der Waals surface area contributed by atoms with Crippen LogP contribution in [-0.4, -0.2) is 24.9 Å². The lowest BCUT2D eigenvalue weighted by Crippen LogP contribution is -2.32. The molecule has 1 aromatic carbocycles. The van der Waals surface area contributed by atoms with E-state index >= 15 is 0 Å². The van der Waals surface area contributed by atoms with Gasteiger partial charge in [0.2, 0.25) is 0 Å². The molecule has 0 saturated heterocycles. The van der Waals surface area contributed by atoms with E-state index in [0.29, 0.717) is 6.04 Å². The van der Waals surface area contributed by atoms with Gasteiger partial charge in [0, 0.05) is 25.6 Å². The van der Waals surface area contributed by atoms with Crippen LogP contribution in [0.3, 0.4) is 0 Å². The van der Waals surface area contributed by atoms with E-state index in [1.54, 1.807) is 0 Å². The zero-order valence-corrected chi connectivity index (χ0v) is 12.2. The molecule has 0 aliphatic carbocycles. The van der Waals surface area contributed by atoms with Crippen LogP contribution in [0, 0.1) is 5.41 Å². The second kappa shape index (κ2) is 5.93. The standard InChI is InChI=1S/C16H25NO2/c1-12(17-11-16(2,3)7-8-18)13-4-5-15-14(10-13)6-9-19-15/h4-5,10,12,17-18H,6-9,11H2,1-3H3. The van der Waals surface area contributed by atoms with Crippen LogP contribution in [0.5, 0.6) is 5.75 Å². The maximum atomic E-state index is 9.05. The summed E-state index contributed by atoms with van der Waals surface area (Å²) in [6.45, 7) is 8.51. The van der Waals surface area contributed by atoms with Crippen molar-refractivity contribution in [2.75, 3.05) is 19.8 Å². The smallest absolute Gasteiger partial charge is 0.122 e. The van der Waals surface area contributed by atoms with Crippen molar-refractivity contribution in [1.29, 1.82) is 0 Å². The Labute approximate surface area is 116 Å². The first-order valence-corrected chi connectivity index (χ1v) is 7.12. The Kier molecular flexibility index (Phi) is 4.48. The molecule has 0 fully saturated rings. The number of aliphatic hydroxyl groups excluding tert-OH is 1. The van der Waals surface area contributed by atoms with Gasteiger partial charge < -0.3 is 15.2 Å². The Morgan fingerprint density at radius 3 is 2.95 bits per heavy atom. The first kappa shape index (κ1) is 14.4. The minimum Gasteiger partial charge on any atom is -0.493 e. The maximum Gasteiger partial charge on any atom is 0.122 e. The molecule has 0 amide bonds. The molecule has 2 N–H and O–H groups in total. The van der Waals surface area contributed by atoms with Crippen LogP contribution in [0.1, 0.15) is 44.4 Å². The SMILES string of the molecule is CC(NCC(C)(C)CCO)c1ccc2c(c1)CCO2. The fourth-order valence-corrected chi connectivity index (χ4v) is 2.41. The highest BCUT2D eigenvalue weighted by atomic mass is 16.5. The van der Waals surface area contributed by atoms with Gasteiger partial charge >= 0.3 is 0 Å². The van der Waals surface area contributed by atoms with E-state index in [-0.39, 0.29) is 12.0 Å². The highest BCUT2D eigenvalue weighted by molar-refractivity contribution is 5.40. The summed E-state index contributed by atoms with van der Waals surface area (Å²) in [5, 5.41) is 12.6. The van der Waals surface area contributed by atoms with E-state index in [9.17, 15) is 0 Å². The van der Waals surface area contributed by atoms with Crippen LogP contribution in [0.2, 0.25) is 0 Å². The van der Waals surface area contributed by atoms with Gasteiger partial charge in [-0.25, -0.2) is 0 Å². The lowest BCUT2D eigenvalue weighted by atomic mass is 9.89. The van der Waals surface area contributed by atoms with Gasteiger partial charge in [-0.05, 0) is 36.0 Å². The van der Waals surface area contributed by atoms with Crippen molar-refractivity contribution >= 4 is 0 Å². The maximum absolute atomic E-state index is 9.05. The Balaban J connectivity index is 1.95. The van der Waals surface area contributed by atoms with E-state index in [2.05, 4.69) is 44.3 Å². The van der Waals surface area contributed by atoms with Gasteiger partial charge in [-0.3, -0.25) is 0 Å². The normalized spacial score (nSPS) is 16.0. The van der Waals surface area contributed by atoms with Crippen molar-refractivity contribution < 1.29 is 9.84 Å². The molecule has 3 heteroatoms. The molecule has 1 aromatic rings. The van der Waals surface area contributed by atoms with Crippen molar-refractivity contribution in [1.82, 2.24) is 5.32 Å².